The number of para-hydroxylation sites is 2. The number of aromatic nitrogens is 3. The van der Waals surface area contributed by atoms with E-state index in [4.69, 9.17) is 19.7 Å². The van der Waals surface area contributed by atoms with Crippen LogP contribution in [0.25, 0.3) is 0 Å². The molecule has 0 amide bonds. The van der Waals surface area contributed by atoms with Gasteiger partial charge in [0, 0.05) is 38.6 Å². The SMILES string of the molecule is CN(c1ccccc1)c1nc(N2CCOCC2)nc(N(C)c2ccccc2)n1.Cl.Cl. The number of benzene rings is 2. The highest BCUT2D eigenvalue weighted by Gasteiger charge is 2.20. The summed E-state index contributed by atoms with van der Waals surface area (Å²) in [6, 6.07) is 20.2. The first-order chi connectivity index (χ1) is 13.7. The van der Waals surface area contributed by atoms with Gasteiger partial charge < -0.3 is 19.4 Å². The van der Waals surface area contributed by atoms with Gasteiger partial charge in [0.15, 0.2) is 0 Å². The number of nitrogens with zero attached hydrogens (tertiary/aromatic N) is 6. The summed E-state index contributed by atoms with van der Waals surface area (Å²) < 4.78 is 5.48. The topological polar surface area (TPSA) is 57.6 Å². The molecule has 9 heteroatoms. The van der Waals surface area contributed by atoms with Crippen molar-refractivity contribution in [3.05, 3.63) is 60.7 Å². The molecule has 2 aromatic carbocycles. The number of hydrogen-bond acceptors (Lipinski definition) is 7. The van der Waals surface area contributed by atoms with E-state index in [1.807, 2.05) is 84.6 Å². The minimum Gasteiger partial charge on any atom is -0.378 e. The quantitative estimate of drug-likeness (QED) is 0.582. The van der Waals surface area contributed by atoms with E-state index in [2.05, 4.69) is 4.90 Å². The van der Waals surface area contributed by atoms with Crippen LogP contribution in [0.1, 0.15) is 0 Å². The summed E-state index contributed by atoms with van der Waals surface area (Å²) in [6.07, 6.45) is 0. The van der Waals surface area contributed by atoms with Gasteiger partial charge in [0.1, 0.15) is 0 Å². The minimum absolute atomic E-state index is 0. The van der Waals surface area contributed by atoms with Crippen LogP contribution in [0.3, 0.4) is 0 Å². The molecule has 0 unspecified atom stereocenters. The van der Waals surface area contributed by atoms with Gasteiger partial charge in [0.05, 0.1) is 13.2 Å². The highest BCUT2D eigenvalue weighted by Crippen LogP contribution is 2.27. The molecule has 0 bridgehead atoms. The molecule has 1 fully saturated rings. The van der Waals surface area contributed by atoms with Gasteiger partial charge in [-0.3, -0.25) is 0 Å². The van der Waals surface area contributed by atoms with Crippen LogP contribution in [-0.2, 0) is 4.74 Å². The van der Waals surface area contributed by atoms with Gasteiger partial charge >= 0.3 is 0 Å². The maximum atomic E-state index is 5.48. The first kappa shape index (κ1) is 23.7. The van der Waals surface area contributed by atoms with E-state index in [-0.39, 0.29) is 24.8 Å². The largest absolute Gasteiger partial charge is 0.378 e. The molecule has 1 aliphatic heterocycles. The van der Waals surface area contributed by atoms with E-state index in [9.17, 15) is 0 Å². The average Bonchev–Trinajstić information content (AvgIpc) is 2.79. The van der Waals surface area contributed by atoms with Crippen molar-refractivity contribution in [2.45, 2.75) is 0 Å². The molecule has 1 aliphatic rings. The van der Waals surface area contributed by atoms with Crippen LogP contribution in [0.4, 0.5) is 29.2 Å². The normalized spacial score (nSPS) is 13.1. The molecule has 30 heavy (non-hydrogen) atoms. The third-order valence-corrected chi connectivity index (χ3v) is 4.78. The predicted molar refractivity (Wildman–Crippen MR) is 126 cm³/mol. The molecule has 0 N–H and O–H groups in total. The Morgan fingerprint density at radius 2 is 1.13 bits per heavy atom. The summed E-state index contributed by atoms with van der Waals surface area (Å²) in [6.45, 7) is 2.90. The Labute approximate surface area is 189 Å². The third kappa shape index (κ3) is 5.30. The molecule has 1 saturated heterocycles. The summed E-state index contributed by atoms with van der Waals surface area (Å²) in [5.74, 6) is 1.90. The van der Waals surface area contributed by atoms with Crippen molar-refractivity contribution >= 4 is 54.0 Å². The molecule has 7 nitrogen and oxygen atoms in total. The van der Waals surface area contributed by atoms with Crippen molar-refractivity contribution in [2.75, 3.05) is 55.1 Å². The lowest BCUT2D eigenvalue weighted by atomic mass is 10.3. The molecule has 160 valence electrons. The number of ether oxygens (including phenoxy) is 1. The molecule has 0 atom stereocenters. The van der Waals surface area contributed by atoms with Crippen LogP contribution in [0.2, 0.25) is 0 Å². The minimum atomic E-state index is 0. The van der Waals surface area contributed by atoms with Crippen LogP contribution in [0.15, 0.2) is 60.7 Å². The second-order valence-electron chi connectivity index (χ2n) is 6.62. The molecule has 4 rings (SSSR count). The fraction of sp³-hybridized carbons (Fsp3) is 0.286. The number of halogens is 2. The van der Waals surface area contributed by atoms with Crippen molar-refractivity contribution in [3.8, 4) is 0 Å². The Morgan fingerprint density at radius 3 is 1.57 bits per heavy atom. The van der Waals surface area contributed by atoms with Crippen LogP contribution in [0.5, 0.6) is 0 Å². The fourth-order valence-corrected chi connectivity index (χ4v) is 3.08. The van der Waals surface area contributed by atoms with Gasteiger partial charge in [0.25, 0.3) is 0 Å². The van der Waals surface area contributed by atoms with Crippen LogP contribution in [-0.4, -0.2) is 55.4 Å². The average molecular weight is 449 g/mol. The monoisotopic (exact) mass is 448 g/mol. The zero-order chi connectivity index (χ0) is 19.3. The molecule has 0 spiro atoms. The van der Waals surface area contributed by atoms with Crippen LogP contribution in [0, 0.1) is 0 Å². The maximum absolute atomic E-state index is 5.48. The van der Waals surface area contributed by atoms with E-state index in [1.54, 1.807) is 0 Å². The molecular formula is C21H26Cl2N6O. The molecule has 0 radical (unpaired) electrons. The molecule has 0 aliphatic carbocycles. The second kappa shape index (κ2) is 11.0. The van der Waals surface area contributed by atoms with Crippen molar-refractivity contribution in [2.24, 2.45) is 0 Å². The van der Waals surface area contributed by atoms with Crippen molar-refractivity contribution in [1.29, 1.82) is 0 Å². The molecule has 3 aromatic rings. The first-order valence-electron chi connectivity index (χ1n) is 9.39. The highest BCUT2D eigenvalue weighted by atomic mass is 35.5. The lowest BCUT2D eigenvalue weighted by molar-refractivity contribution is 0.122. The predicted octanol–water partition coefficient (Wildman–Crippen LogP) is 4.09. The Kier molecular flexibility index (Phi) is 8.65. The number of anilines is 5. The standard InChI is InChI=1S/C21H24N6O.2ClH/c1-25(17-9-5-3-6-10-17)19-22-20(26(2)18-11-7-4-8-12-18)24-21(23-19)27-13-15-28-16-14-27;;/h3-12H,13-16H2,1-2H3;2*1H. The van der Waals surface area contributed by atoms with Gasteiger partial charge in [0.2, 0.25) is 17.8 Å². The van der Waals surface area contributed by atoms with Crippen molar-refractivity contribution in [3.63, 3.8) is 0 Å². The Hall–Kier alpha value is -2.61. The van der Waals surface area contributed by atoms with E-state index in [0.29, 0.717) is 31.1 Å². The van der Waals surface area contributed by atoms with Gasteiger partial charge in [-0.1, -0.05) is 36.4 Å². The van der Waals surface area contributed by atoms with E-state index in [1.165, 1.54) is 0 Å². The van der Waals surface area contributed by atoms with Gasteiger partial charge in [-0.2, -0.15) is 15.0 Å². The first-order valence-corrected chi connectivity index (χ1v) is 9.39. The van der Waals surface area contributed by atoms with Gasteiger partial charge in [-0.25, -0.2) is 0 Å². The van der Waals surface area contributed by atoms with Crippen LogP contribution < -0.4 is 14.7 Å². The molecule has 1 aromatic heterocycles. The van der Waals surface area contributed by atoms with Gasteiger partial charge in [-0.15, -0.1) is 24.8 Å². The maximum Gasteiger partial charge on any atom is 0.236 e. The smallest absolute Gasteiger partial charge is 0.236 e. The zero-order valence-electron chi connectivity index (χ0n) is 17.0. The van der Waals surface area contributed by atoms with Crippen LogP contribution >= 0.6 is 24.8 Å². The van der Waals surface area contributed by atoms with Crippen molar-refractivity contribution < 1.29 is 4.74 Å². The fourth-order valence-electron chi connectivity index (χ4n) is 3.08. The summed E-state index contributed by atoms with van der Waals surface area (Å²) in [5.41, 5.74) is 2.05. The second-order valence-corrected chi connectivity index (χ2v) is 6.62. The van der Waals surface area contributed by atoms with E-state index in [0.717, 1.165) is 24.5 Å². The zero-order valence-corrected chi connectivity index (χ0v) is 18.6. The molecular weight excluding hydrogens is 423 g/mol. The third-order valence-electron chi connectivity index (χ3n) is 4.78. The summed E-state index contributed by atoms with van der Waals surface area (Å²) in [5, 5.41) is 0. The number of rotatable bonds is 5. The molecule has 0 saturated carbocycles. The van der Waals surface area contributed by atoms with E-state index < -0.39 is 0 Å². The lowest BCUT2D eigenvalue weighted by Gasteiger charge is -2.29. The lowest BCUT2D eigenvalue weighted by Crippen LogP contribution is -2.38. The number of morpholine rings is 1. The Balaban J connectivity index is 0.00000160. The highest BCUT2D eigenvalue weighted by molar-refractivity contribution is 5.85. The van der Waals surface area contributed by atoms with Crippen molar-refractivity contribution in [1.82, 2.24) is 15.0 Å². The Morgan fingerprint density at radius 1 is 0.700 bits per heavy atom. The summed E-state index contributed by atoms with van der Waals surface area (Å²) in [7, 11) is 3.94. The van der Waals surface area contributed by atoms with E-state index >= 15 is 0 Å². The summed E-state index contributed by atoms with van der Waals surface area (Å²) in [4.78, 5) is 20.4. The van der Waals surface area contributed by atoms with Gasteiger partial charge in [-0.05, 0) is 24.3 Å². The summed E-state index contributed by atoms with van der Waals surface area (Å²) >= 11 is 0. The number of hydrogen-bond donors (Lipinski definition) is 0. The Bertz CT molecular complexity index is 846. The molecule has 2 heterocycles.